The van der Waals surface area contributed by atoms with Crippen molar-refractivity contribution >= 4 is 21.5 Å². The van der Waals surface area contributed by atoms with Crippen LogP contribution >= 0.6 is 0 Å². The van der Waals surface area contributed by atoms with Crippen LogP contribution in [-0.4, -0.2) is 14.2 Å². The molecule has 46 heavy (non-hydrogen) atoms. The normalized spacial score (nSPS) is 12.0. The molecule has 0 aliphatic carbocycles. The van der Waals surface area contributed by atoms with E-state index in [9.17, 15) is 4.39 Å². The summed E-state index contributed by atoms with van der Waals surface area (Å²) in [7, 11) is 2.98. The van der Waals surface area contributed by atoms with Gasteiger partial charge in [0.15, 0.2) is 46.3 Å². The Bertz CT molecular complexity index is 2250. The largest absolute Gasteiger partial charge is 0.493 e. The fraction of sp³-hybridized carbons (Fsp3) is 0.135. The highest BCUT2D eigenvalue weighted by Gasteiger charge is 2.37. The minimum absolute atomic E-state index is 0.00298. The van der Waals surface area contributed by atoms with Crippen molar-refractivity contribution < 1.29 is 40.9 Å². The van der Waals surface area contributed by atoms with E-state index in [0.717, 1.165) is 17.7 Å². The van der Waals surface area contributed by atoms with Gasteiger partial charge in [-0.2, -0.15) is 0 Å². The lowest BCUT2D eigenvalue weighted by atomic mass is 9.90. The van der Waals surface area contributed by atoms with Crippen LogP contribution in [-0.2, 0) is 0 Å². The first kappa shape index (κ1) is 29.4. The minimum Gasteiger partial charge on any atom is -0.493 e. The van der Waals surface area contributed by atoms with Crippen molar-refractivity contribution in [1.82, 2.24) is 0 Å². The van der Waals surface area contributed by atoms with Crippen LogP contribution in [0.25, 0.3) is 43.8 Å². The smallest absolute Gasteiger partial charge is 0.209 e. The van der Waals surface area contributed by atoms with Crippen molar-refractivity contribution in [3.63, 3.8) is 0 Å². The second kappa shape index (κ2) is 10.7. The van der Waals surface area contributed by atoms with Crippen LogP contribution in [0, 0.1) is 49.9 Å². The summed E-state index contributed by atoms with van der Waals surface area (Å²) in [5.41, 5.74) is -1.90. The fourth-order valence-corrected chi connectivity index (χ4v) is 6.19. The van der Waals surface area contributed by atoms with E-state index in [1.165, 1.54) is 28.1 Å². The Morgan fingerprint density at radius 2 is 1.09 bits per heavy atom. The second-order valence-corrected chi connectivity index (χ2v) is 11.1. The zero-order valence-electron chi connectivity index (χ0n) is 25.3. The molecule has 1 aliphatic heterocycles. The highest BCUT2D eigenvalue weighted by atomic mass is 19.2. The van der Waals surface area contributed by atoms with Gasteiger partial charge in [0, 0.05) is 16.7 Å². The van der Waals surface area contributed by atoms with Gasteiger partial charge in [-0.1, -0.05) is 48.5 Å². The number of fused-ring (bicyclic) bond motifs is 4. The molecule has 6 aromatic carbocycles. The predicted molar refractivity (Wildman–Crippen MR) is 166 cm³/mol. The molecule has 0 spiro atoms. The highest BCUT2D eigenvalue weighted by Crippen LogP contribution is 2.58. The van der Waals surface area contributed by atoms with Gasteiger partial charge in [0.05, 0.1) is 19.8 Å². The summed E-state index contributed by atoms with van der Waals surface area (Å²) < 4.78 is 102. The Morgan fingerprint density at radius 3 is 1.74 bits per heavy atom. The topological polar surface area (TPSA) is 36.9 Å². The van der Waals surface area contributed by atoms with E-state index >= 15 is 17.6 Å². The van der Waals surface area contributed by atoms with E-state index in [2.05, 4.69) is 0 Å². The molecule has 9 heteroatoms. The van der Waals surface area contributed by atoms with Crippen molar-refractivity contribution in [3.05, 3.63) is 106 Å². The summed E-state index contributed by atoms with van der Waals surface area (Å²) in [6, 6.07) is 18.2. The monoisotopic (exact) mass is 628 g/mol. The number of hydrogen-bond acceptors (Lipinski definition) is 4. The Morgan fingerprint density at radius 1 is 0.500 bits per heavy atom. The van der Waals surface area contributed by atoms with E-state index in [-0.39, 0.29) is 22.6 Å². The summed E-state index contributed by atoms with van der Waals surface area (Å²) in [5.74, 6) is -7.18. The number of hydrogen-bond donors (Lipinski definition) is 0. The molecule has 0 atom stereocenters. The van der Waals surface area contributed by atoms with Crippen molar-refractivity contribution in [2.24, 2.45) is 0 Å². The molecule has 0 aromatic heterocycles. The van der Waals surface area contributed by atoms with Gasteiger partial charge in [-0.25, -0.2) is 22.0 Å². The fourth-order valence-electron chi connectivity index (χ4n) is 6.19. The maximum absolute atomic E-state index is 16.6. The molecule has 0 fully saturated rings. The highest BCUT2D eigenvalue weighted by molar-refractivity contribution is 6.12. The summed E-state index contributed by atoms with van der Waals surface area (Å²) in [5, 5.41) is 2.89. The number of halogens is 5. The second-order valence-electron chi connectivity index (χ2n) is 11.1. The molecule has 0 bridgehead atoms. The van der Waals surface area contributed by atoms with E-state index in [1.54, 1.807) is 6.07 Å². The van der Waals surface area contributed by atoms with Gasteiger partial charge in [0.25, 0.3) is 0 Å². The van der Waals surface area contributed by atoms with Crippen LogP contribution in [0.4, 0.5) is 22.0 Å². The molecular weight excluding hydrogens is 603 g/mol. The average Bonchev–Trinajstić information content (AvgIpc) is 3.07. The summed E-state index contributed by atoms with van der Waals surface area (Å²) in [6.45, 7) is 3.57. The molecule has 0 saturated carbocycles. The molecule has 0 unspecified atom stereocenters. The van der Waals surface area contributed by atoms with Gasteiger partial charge in [-0.05, 0) is 71.1 Å². The molecule has 232 valence electrons. The maximum atomic E-state index is 16.6. The number of benzene rings is 6. The van der Waals surface area contributed by atoms with Crippen LogP contribution in [0.5, 0.6) is 34.5 Å². The predicted octanol–water partition coefficient (Wildman–Crippen LogP) is 10.9. The van der Waals surface area contributed by atoms with Gasteiger partial charge >= 0.3 is 0 Å². The number of ether oxygens (including phenoxy) is 4. The lowest BCUT2D eigenvalue weighted by Crippen LogP contribution is -2.10. The Hall–Kier alpha value is -5.31. The first-order valence-corrected chi connectivity index (χ1v) is 14.3. The molecule has 1 heterocycles. The first-order valence-electron chi connectivity index (χ1n) is 14.3. The quantitative estimate of drug-likeness (QED) is 0.144. The van der Waals surface area contributed by atoms with Crippen molar-refractivity contribution in [2.45, 2.75) is 20.8 Å². The van der Waals surface area contributed by atoms with Crippen molar-refractivity contribution in [3.8, 4) is 56.8 Å². The van der Waals surface area contributed by atoms with Gasteiger partial charge in [0.1, 0.15) is 5.82 Å². The van der Waals surface area contributed by atoms with E-state index in [0.29, 0.717) is 33.4 Å². The van der Waals surface area contributed by atoms with Gasteiger partial charge in [-0.15, -0.1) is 0 Å². The maximum Gasteiger partial charge on any atom is 0.209 e. The molecule has 4 nitrogen and oxygen atoms in total. The Labute approximate surface area is 260 Å². The molecule has 0 N–H and O–H groups in total. The number of rotatable bonds is 4. The third-order valence-corrected chi connectivity index (χ3v) is 8.66. The van der Waals surface area contributed by atoms with Crippen LogP contribution in [0.2, 0.25) is 0 Å². The molecule has 1 aliphatic rings. The SMILES string of the molecule is COc1cc2ccccc2c(-c2c3c(cc4ccccc24)Oc2c(F)c(C)c(-c4c(F)c(C)c(C)c(F)c4F)c(F)c2O3)c1OC. The molecule has 0 amide bonds. The third-order valence-electron chi connectivity index (χ3n) is 8.66. The van der Waals surface area contributed by atoms with Crippen LogP contribution in [0.3, 0.4) is 0 Å². The Balaban J connectivity index is 1.57. The van der Waals surface area contributed by atoms with Crippen LogP contribution in [0.1, 0.15) is 16.7 Å². The lowest BCUT2D eigenvalue weighted by molar-refractivity contribution is 0.327. The van der Waals surface area contributed by atoms with Crippen LogP contribution in [0.15, 0.2) is 60.7 Å². The summed E-state index contributed by atoms with van der Waals surface area (Å²) in [6.07, 6.45) is 0. The van der Waals surface area contributed by atoms with Crippen molar-refractivity contribution in [1.29, 1.82) is 0 Å². The minimum atomic E-state index is -1.64. The summed E-state index contributed by atoms with van der Waals surface area (Å²) >= 11 is 0. The van der Waals surface area contributed by atoms with Gasteiger partial charge in [0.2, 0.25) is 11.5 Å². The molecular formula is C37H25F5O4. The average molecular weight is 629 g/mol. The van der Waals surface area contributed by atoms with E-state index in [1.807, 2.05) is 54.6 Å². The zero-order valence-corrected chi connectivity index (χ0v) is 25.3. The van der Waals surface area contributed by atoms with Gasteiger partial charge in [-0.3, -0.25) is 0 Å². The lowest BCUT2D eigenvalue weighted by Gasteiger charge is -2.28. The number of methoxy groups -OCH3 is 2. The van der Waals surface area contributed by atoms with Gasteiger partial charge < -0.3 is 18.9 Å². The summed E-state index contributed by atoms with van der Waals surface area (Å²) in [4.78, 5) is 0. The van der Waals surface area contributed by atoms with Crippen molar-refractivity contribution in [2.75, 3.05) is 14.2 Å². The standard InChI is InChI=1S/C37H25F5O4/c1-16-17(2)30(39)32(41)28(29(16)38)25-18(3)31(40)36-37(33(25)42)46-35-24(45-36)15-20-11-7-9-13-22(20)27(35)26-21-12-8-6-10-19(21)14-23(43-4)34(26)44-5/h6-15H,1-5H3. The molecule has 0 saturated heterocycles. The first-order chi connectivity index (χ1) is 22.1. The zero-order chi connectivity index (χ0) is 32.6. The molecule has 6 aromatic rings. The van der Waals surface area contributed by atoms with E-state index < -0.39 is 57.3 Å². The third kappa shape index (κ3) is 4.04. The van der Waals surface area contributed by atoms with Crippen LogP contribution < -0.4 is 18.9 Å². The molecule has 7 rings (SSSR count). The molecule has 0 radical (unpaired) electrons. The van der Waals surface area contributed by atoms with E-state index in [4.69, 9.17) is 18.9 Å². The Kier molecular flexibility index (Phi) is 6.81.